The van der Waals surface area contributed by atoms with E-state index in [1.54, 1.807) is 13.0 Å². The number of benzene rings is 1. The Labute approximate surface area is 152 Å². The molecule has 0 spiro atoms. The number of aromatic nitrogens is 1. The van der Waals surface area contributed by atoms with E-state index in [-0.39, 0.29) is 5.91 Å². The second-order valence-corrected chi connectivity index (χ2v) is 5.99. The zero-order valence-corrected chi connectivity index (χ0v) is 14.7. The van der Waals surface area contributed by atoms with Gasteiger partial charge in [0.05, 0.1) is 11.8 Å². The minimum atomic E-state index is -0.620. The average Bonchev–Trinajstić information content (AvgIpc) is 3.10. The number of carbonyl (C=O) groups excluding carboxylic acids is 1. The van der Waals surface area contributed by atoms with E-state index in [1.807, 2.05) is 30.3 Å². The lowest BCUT2D eigenvalue weighted by molar-refractivity contribution is 0.0908. The van der Waals surface area contributed by atoms with E-state index in [0.29, 0.717) is 23.2 Å². The Morgan fingerprint density at radius 3 is 2.54 bits per heavy atom. The number of amides is 1. The highest BCUT2D eigenvalue weighted by atomic mass is 16.5. The van der Waals surface area contributed by atoms with Crippen LogP contribution in [0.4, 0.5) is 0 Å². The number of hydrogen-bond donors (Lipinski definition) is 5. The minimum Gasteiger partial charge on any atom is -0.403 e. The Balaban J connectivity index is 0.000000260. The zero-order chi connectivity index (χ0) is 18.9. The van der Waals surface area contributed by atoms with E-state index in [9.17, 15) is 4.79 Å². The molecule has 0 saturated heterocycles. The maximum Gasteiger partial charge on any atom is 0.273 e. The Bertz CT molecular complexity index is 723. The van der Waals surface area contributed by atoms with Gasteiger partial charge in [-0.05, 0) is 26.2 Å². The molecule has 1 aromatic heterocycles. The van der Waals surface area contributed by atoms with Gasteiger partial charge in [-0.1, -0.05) is 35.5 Å². The summed E-state index contributed by atoms with van der Waals surface area (Å²) in [7, 11) is 0. The summed E-state index contributed by atoms with van der Waals surface area (Å²) in [6.45, 7) is 1.57. The monoisotopic (exact) mass is 359 g/mol. The Kier molecular flexibility index (Phi) is 7.19. The first-order valence-corrected chi connectivity index (χ1v) is 8.44. The van der Waals surface area contributed by atoms with Gasteiger partial charge in [0.2, 0.25) is 0 Å². The van der Waals surface area contributed by atoms with Crippen molar-refractivity contribution in [1.82, 2.24) is 15.9 Å². The highest BCUT2D eigenvalue weighted by Gasteiger charge is 2.22. The van der Waals surface area contributed by atoms with Gasteiger partial charge in [-0.3, -0.25) is 10.6 Å². The van der Waals surface area contributed by atoms with Crippen molar-refractivity contribution in [3.05, 3.63) is 54.0 Å². The molecule has 1 heterocycles. The van der Waals surface area contributed by atoms with E-state index in [4.69, 9.17) is 21.2 Å². The molecule has 1 aliphatic rings. The van der Waals surface area contributed by atoms with Crippen molar-refractivity contribution in [3.8, 4) is 11.3 Å². The van der Waals surface area contributed by atoms with Gasteiger partial charge in [0.1, 0.15) is 0 Å². The van der Waals surface area contributed by atoms with Crippen LogP contribution in [0.1, 0.15) is 36.7 Å². The fourth-order valence-corrected chi connectivity index (χ4v) is 2.24. The fraction of sp³-hybridized carbons (Fsp3) is 0.333. The van der Waals surface area contributed by atoms with Crippen molar-refractivity contribution in [2.45, 2.75) is 38.3 Å². The first-order valence-electron chi connectivity index (χ1n) is 8.44. The number of aliphatic hydroxyl groups excluding tert-OH is 1. The maximum absolute atomic E-state index is 11.9. The van der Waals surface area contributed by atoms with E-state index in [0.717, 1.165) is 18.4 Å². The van der Waals surface area contributed by atoms with Gasteiger partial charge in [0.15, 0.2) is 11.5 Å². The van der Waals surface area contributed by atoms with Crippen LogP contribution in [0, 0.1) is 0 Å². The summed E-state index contributed by atoms with van der Waals surface area (Å²) in [6.07, 6.45) is 3.93. The molecule has 7 N–H and O–H groups in total. The van der Waals surface area contributed by atoms with Gasteiger partial charge in [-0.15, -0.1) is 0 Å². The van der Waals surface area contributed by atoms with Gasteiger partial charge in [-0.25, -0.2) is 0 Å². The van der Waals surface area contributed by atoms with Crippen molar-refractivity contribution < 1.29 is 14.4 Å². The number of hydrazine groups is 1. The average molecular weight is 359 g/mol. The molecule has 1 aromatic carbocycles. The van der Waals surface area contributed by atoms with E-state index >= 15 is 0 Å². The number of hydrogen-bond acceptors (Lipinski definition) is 7. The van der Waals surface area contributed by atoms with Crippen molar-refractivity contribution in [3.63, 3.8) is 0 Å². The van der Waals surface area contributed by atoms with E-state index in [1.165, 1.54) is 12.6 Å². The Morgan fingerprint density at radius 2 is 2.08 bits per heavy atom. The molecule has 1 saturated carbocycles. The molecule has 1 unspecified atom stereocenters. The van der Waals surface area contributed by atoms with E-state index < -0.39 is 6.10 Å². The largest absolute Gasteiger partial charge is 0.403 e. The molecule has 2 aromatic rings. The third-order valence-corrected chi connectivity index (χ3v) is 4.04. The molecule has 0 aliphatic heterocycles. The highest BCUT2D eigenvalue weighted by molar-refractivity contribution is 5.93. The second kappa shape index (κ2) is 9.59. The quantitative estimate of drug-likeness (QED) is 0.400. The number of aliphatic hydroxyl groups is 1. The number of carbonyl (C=O) groups is 1. The minimum absolute atomic E-state index is 0.148. The fourth-order valence-electron chi connectivity index (χ4n) is 2.24. The van der Waals surface area contributed by atoms with Crippen LogP contribution in [0.2, 0.25) is 0 Å². The third kappa shape index (κ3) is 5.33. The Morgan fingerprint density at radius 1 is 1.38 bits per heavy atom. The predicted molar refractivity (Wildman–Crippen MR) is 98.3 cm³/mol. The molecule has 1 fully saturated rings. The van der Waals surface area contributed by atoms with Gasteiger partial charge < -0.3 is 26.1 Å². The van der Waals surface area contributed by atoms with Crippen molar-refractivity contribution in [2.24, 2.45) is 11.6 Å². The molecule has 1 atom stereocenters. The van der Waals surface area contributed by atoms with Crippen LogP contribution >= 0.6 is 0 Å². The van der Waals surface area contributed by atoms with Gasteiger partial charge in [0.25, 0.3) is 5.91 Å². The first kappa shape index (κ1) is 19.5. The summed E-state index contributed by atoms with van der Waals surface area (Å²) in [5.74, 6) is 5.40. The molecule has 8 nitrogen and oxygen atoms in total. The Hall–Kier alpha value is -2.84. The van der Waals surface area contributed by atoms with Crippen molar-refractivity contribution in [2.75, 3.05) is 0 Å². The first-order chi connectivity index (χ1) is 12.5. The van der Waals surface area contributed by atoms with E-state index in [2.05, 4.69) is 15.9 Å². The molecule has 8 heteroatoms. The molecule has 0 radical (unpaired) electrons. The normalized spacial score (nSPS) is 15.3. The number of rotatable bonds is 5. The molecule has 1 aliphatic carbocycles. The lowest BCUT2D eigenvalue weighted by Gasteiger charge is -2.25. The lowest BCUT2D eigenvalue weighted by atomic mass is 9.93. The SMILES string of the molecule is CC(O)/C(=C/N)NN.O=C(NC1CCC1)c1cc(-c2ccccc2)on1. The molecular formula is C18H25N5O3. The predicted octanol–water partition coefficient (Wildman–Crippen LogP) is 1.25. The maximum atomic E-state index is 11.9. The summed E-state index contributed by atoms with van der Waals surface area (Å²) < 4.78 is 5.19. The number of nitrogens with one attached hydrogen (secondary N) is 2. The number of nitrogens with zero attached hydrogens (tertiary/aromatic N) is 1. The zero-order valence-electron chi connectivity index (χ0n) is 14.7. The summed E-state index contributed by atoms with van der Waals surface area (Å²) in [6, 6.07) is 11.6. The third-order valence-electron chi connectivity index (χ3n) is 4.04. The van der Waals surface area contributed by atoms with Gasteiger partial charge in [0, 0.05) is 23.9 Å². The standard InChI is InChI=1S/C14H14N2O2.C4H11N3O/c17-14(15-11-7-4-8-11)12-9-13(18-16-12)10-5-2-1-3-6-10;1-3(8)4(2-5)7-6/h1-3,5-6,9,11H,4,7-8H2,(H,15,17);2-3,7-8H,5-6H2,1H3/b;4-2-. The second-order valence-electron chi connectivity index (χ2n) is 5.99. The lowest BCUT2D eigenvalue weighted by Crippen LogP contribution is -2.39. The molecule has 1 amide bonds. The number of nitrogens with two attached hydrogens (primary N) is 2. The molecule has 3 rings (SSSR count). The van der Waals surface area contributed by atoms with Crippen LogP contribution in [0.3, 0.4) is 0 Å². The summed E-state index contributed by atoms with van der Waals surface area (Å²) in [5.41, 5.74) is 8.95. The topological polar surface area (TPSA) is 139 Å². The summed E-state index contributed by atoms with van der Waals surface area (Å²) >= 11 is 0. The summed E-state index contributed by atoms with van der Waals surface area (Å²) in [5, 5.41) is 15.5. The van der Waals surface area contributed by atoms with Crippen LogP contribution in [0.5, 0.6) is 0 Å². The van der Waals surface area contributed by atoms with Gasteiger partial charge in [-0.2, -0.15) is 0 Å². The summed E-state index contributed by atoms with van der Waals surface area (Å²) in [4.78, 5) is 11.9. The van der Waals surface area contributed by atoms with Gasteiger partial charge >= 0.3 is 0 Å². The molecule has 140 valence electrons. The van der Waals surface area contributed by atoms with Crippen molar-refractivity contribution in [1.29, 1.82) is 0 Å². The van der Waals surface area contributed by atoms with Crippen LogP contribution in [0.25, 0.3) is 11.3 Å². The van der Waals surface area contributed by atoms with Crippen LogP contribution < -0.4 is 22.3 Å². The smallest absolute Gasteiger partial charge is 0.273 e. The molecule has 0 bridgehead atoms. The van der Waals surface area contributed by atoms with Crippen molar-refractivity contribution >= 4 is 5.91 Å². The highest BCUT2D eigenvalue weighted by Crippen LogP contribution is 2.21. The van der Waals surface area contributed by atoms with Crippen LogP contribution in [0.15, 0.2) is 52.8 Å². The molecular weight excluding hydrogens is 334 g/mol. The van der Waals surface area contributed by atoms with Crippen LogP contribution in [-0.4, -0.2) is 28.3 Å². The molecule has 26 heavy (non-hydrogen) atoms. The van der Waals surface area contributed by atoms with Crippen LogP contribution in [-0.2, 0) is 0 Å².